The van der Waals surface area contributed by atoms with Crippen LogP contribution in [-0.2, 0) is 20.9 Å². The fourth-order valence-electron chi connectivity index (χ4n) is 2.66. The first kappa shape index (κ1) is 29.3. The Kier molecular flexibility index (Phi) is 10.6. The molecule has 15 heteroatoms. The topological polar surface area (TPSA) is 129 Å². The highest BCUT2D eigenvalue weighted by Gasteiger charge is 2.29. The highest BCUT2D eigenvalue weighted by molar-refractivity contribution is 6.30. The van der Waals surface area contributed by atoms with Gasteiger partial charge in [-0.2, -0.15) is 18.3 Å². The number of Topliss-reactive ketones (excluding diaryl/α,β-unsaturated/α-hetero) is 1. The first-order valence-electron chi connectivity index (χ1n) is 10.4. The van der Waals surface area contributed by atoms with Gasteiger partial charge in [0.25, 0.3) is 17.4 Å². The van der Waals surface area contributed by atoms with Gasteiger partial charge in [-0.15, -0.1) is 6.58 Å². The zero-order chi connectivity index (χ0) is 27.6. The molecule has 37 heavy (non-hydrogen) atoms. The fourth-order valence-corrected chi connectivity index (χ4v) is 2.77. The molecule has 1 heterocycles. The summed E-state index contributed by atoms with van der Waals surface area (Å²) in [5, 5.41) is 7.96. The van der Waals surface area contributed by atoms with E-state index in [0.29, 0.717) is 0 Å². The Bertz CT molecular complexity index is 1200. The molecule has 0 radical (unpaired) electrons. The summed E-state index contributed by atoms with van der Waals surface area (Å²) in [5.41, 5.74) is -1.08. The molecule has 1 aromatic carbocycles. The van der Waals surface area contributed by atoms with E-state index in [0.717, 1.165) is 18.3 Å². The Labute approximate surface area is 212 Å². The van der Waals surface area contributed by atoms with E-state index in [1.807, 2.05) is 0 Å². The smallest absolute Gasteiger partial charge is 0.408 e. The average Bonchev–Trinajstić information content (AvgIpc) is 2.82. The molecule has 0 fully saturated rings. The van der Waals surface area contributed by atoms with Crippen molar-refractivity contribution in [3.05, 3.63) is 64.3 Å². The maximum Gasteiger partial charge on any atom is 0.408 e. The second-order valence-electron chi connectivity index (χ2n) is 7.38. The third-order valence-corrected chi connectivity index (χ3v) is 4.67. The van der Waals surface area contributed by atoms with Crippen LogP contribution < -0.4 is 25.7 Å². The molecule has 0 spiro atoms. The number of carbonyl (C=O) groups is 3. The number of nitrogens with zero attached hydrogens (tertiary/aromatic N) is 2. The Morgan fingerprint density at radius 1 is 1.14 bits per heavy atom. The standard InChI is InChI=1S/C22H21ClF4N4O6/c1-2-13(30-20(34)11-36-15-3-4-17(23)18(24)6-15)5-14(32)8-28-19(33)10-37-16-7-21(35)31(29-9-16)12-22(25,26)27/h2-4,6-7,9,13H,1,5,8,10-12H2,(H,28,33)(H,30,34). The van der Waals surface area contributed by atoms with Crippen LogP contribution in [-0.4, -0.2) is 59.4 Å². The van der Waals surface area contributed by atoms with Gasteiger partial charge >= 0.3 is 6.18 Å². The molecule has 1 aromatic heterocycles. The number of rotatable bonds is 13. The van der Waals surface area contributed by atoms with Crippen molar-refractivity contribution in [1.29, 1.82) is 0 Å². The number of aromatic nitrogens is 2. The Balaban J connectivity index is 1.72. The van der Waals surface area contributed by atoms with Crippen LogP contribution in [0.1, 0.15) is 6.42 Å². The SMILES string of the molecule is C=CC(CC(=O)CNC(=O)COc1cnn(CC(F)(F)F)c(=O)c1)NC(=O)COc1ccc(Cl)c(F)c1. The maximum absolute atomic E-state index is 13.4. The van der Waals surface area contributed by atoms with Gasteiger partial charge < -0.3 is 20.1 Å². The third-order valence-electron chi connectivity index (χ3n) is 4.37. The lowest BCUT2D eigenvalue weighted by molar-refractivity contribution is -0.143. The van der Waals surface area contributed by atoms with E-state index in [9.17, 15) is 36.7 Å². The maximum atomic E-state index is 13.4. The predicted octanol–water partition coefficient (Wildman–Crippen LogP) is 1.80. The Hall–Kier alpha value is -3.94. The molecule has 1 atom stereocenters. The fraction of sp³-hybridized carbons (Fsp3) is 0.318. The quantitative estimate of drug-likeness (QED) is 0.288. The van der Waals surface area contributed by atoms with Gasteiger partial charge in [-0.1, -0.05) is 17.7 Å². The van der Waals surface area contributed by atoms with Gasteiger partial charge in [0.15, 0.2) is 19.0 Å². The lowest BCUT2D eigenvalue weighted by atomic mass is 10.1. The number of benzene rings is 1. The molecule has 200 valence electrons. The van der Waals surface area contributed by atoms with Crippen LogP contribution in [0.2, 0.25) is 5.02 Å². The number of ether oxygens (including phenoxy) is 2. The van der Waals surface area contributed by atoms with E-state index in [1.54, 1.807) is 0 Å². The van der Waals surface area contributed by atoms with Crippen molar-refractivity contribution < 1.29 is 41.4 Å². The van der Waals surface area contributed by atoms with Gasteiger partial charge in [-0.05, 0) is 12.1 Å². The molecule has 2 aromatic rings. The lowest BCUT2D eigenvalue weighted by Crippen LogP contribution is -2.40. The number of alkyl halides is 3. The summed E-state index contributed by atoms with van der Waals surface area (Å²) in [6, 6.07) is 3.60. The van der Waals surface area contributed by atoms with Gasteiger partial charge in [-0.3, -0.25) is 19.2 Å². The second kappa shape index (κ2) is 13.4. The minimum atomic E-state index is -4.63. The molecule has 0 aliphatic carbocycles. The van der Waals surface area contributed by atoms with Gasteiger partial charge in [0, 0.05) is 18.6 Å². The van der Waals surface area contributed by atoms with Gasteiger partial charge in [-0.25, -0.2) is 9.07 Å². The average molecular weight is 549 g/mol. The van der Waals surface area contributed by atoms with Crippen molar-refractivity contribution >= 4 is 29.2 Å². The first-order valence-corrected chi connectivity index (χ1v) is 10.8. The molecular weight excluding hydrogens is 528 g/mol. The molecule has 0 aliphatic rings. The number of hydrogen-bond acceptors (Lipinski definition) is 7. The van der Waals surface area contributed by atoms with E-state index in [2.05, 4.69) is 22.3 Å². The monoisotopic (exact) mass is 548 g/mol. The van der Waals surface area contributed by atoms with Crippen molar-refractivity contribution in [2.45, 2.75) is 25.2 Å². The van der Waals surface area contributed by atoms with E-state index < -0.39 is 67.5 Å². The highest BCUT2D eigenvalue weighted by atomic mass is 35.5. The molecule has 1 unspecified atom stereocenters. The number of amides is 2. The number of carbonyl (C=O) groups excluding carboxylic acids is 3. The normalized spacial score (nSPS) is 11.8. The molecule has 2 rings (SSSR count). The van der Waals surface area contributed by atoms with Crippen LogP contribution in [0.5, 0.6) is 11.5 Å². The summed E-state index contributed by atoms with van der Waals surface area (Å²) < 4.78 is 60.8. The molecule has 0 bridgehead atoms. The van der Waals surface area contributed by atoms with Gasteiger partial charge in [0.2, 0.25) is 0 Å². The minimum Gasteiger partial charge on any atom is -0.484 e. The second-order valence-corrected chi connectivity index (χ2v) is 7.79. The summed E-state index contributed by atoms with van der Waals surface area (Å²) in [5.74, 6) is -2.72. The van der Waals surface area contributed by atoms with Gasteiger partial charge in [0.1, 0.15) is 23.9 Å². The number of nitrogens with one attached hydrogen (secondary N) is 2. The summed E-state index contributed by atoms with van der Waals surface area (Å²) >= 11 is 5.57. The molecule has 0 aliphatic heterocycles. The van der Waals surface area contributed by atoms with E-state index in [-0.39, 0.29) is 27.6 Å². The molecular formula is C22H21ClF4N4O6. The van der Waals surface area contributed by atoms with Crippen LogP contribution in [0, 0.1) is 5.82 Å². The third kappa shape index (κ3) is 10.7. The van der Waals surface area contributed by atoms with Crippen molar-refractivity contribution in [3.8, 4) is 11.5 Å². The largest absolute Gasteiger partial charge is 0.484 e. The minimum absolute atomic E-state index is 0.0754. The molecule has 2 amide bonds. The molecule has 2 N–H and O–H groups in total. The number of ketones is 1. The molecule has 10 nitrogen and oxygen atoms in total. The van der Waals surface area contributed by atoms with Crippen LogP contribution in [0.3, 0.4) is 0 Å². The predicted molar refractivity (Wildman–Crippen MR) is 122 cm³/mol. The molecule has 0 saturated carbocycles. The van der Waals surface area contributed by atoms with Crippen molar-refractivity contribution in [2.24, 2.45) is 0 Å². The van der Waals surface area contributed by atoms with E-state index >= 15 is 0 Å². The van der Waals surface area contributed by atoms with Gasteiger partial charge in [0.05, 0.1) is 23.8 Å². The lowest BCUT2D eigenvalue weighted by Gasteiger charge is -2.15. The van der Waals surface area contributed by atoms with Crippen LogP contribution in [0.15, 0.2) is 47.9 Å². The first-order chi connectivity index (χ1) is 17.4. The zero-order valence-electron chi connectivity index (χ0n) is 19.0. The number of hydrogen-bond donors (Lipinski definition) is 2. The molecule has 0 saturated heterocycles. The Morgan fingerprint density at radius 2 is 1.81 bits per heavy atom. The zero-order valence-corrected chi connectivity index (χ0v) is 19.8. The summed E-state index contributed by atoms with van der Waals surface area (Å²) in [7, 11) is 0. The highest BCUT2D eigenvalue weighted by Crippen LogP contribution is 2.20. The summed E-state index contributed by atoms with van der Waals surface area (Å²) in [6.45, 7) is 0.422. The van der Waals surface area contributed by atoms with E-state index in [1.165, 1.54) is 18.2 Å². The summed E-state index contributed by atoms with van der Waals surface area (Å²) in [6.07, 6.45) is -2.70. The van der Waals surface area contributed by atoms with Crippen molar-refractivity contribution in [1.82, 2.24) is 20.4 Å². The van der Waals surface area contributed by atoms with Crippen LogP contribution >= 0.6 is 11.6 Å². The van der Waals surface area contributed by atoms with E-state index in [4.69, 9.17) is 21.1 Å². The number of halogens is 5. The van der Waals surface area contributed by atoms with Crippen molar-refractivity contribution in [2.75, 3.05) is 19.8 Å². The summed E-state index contributed by atoms with van der Waals surface area (Å²) in [4.78, 5) is 47.7. The Morgan fingerprint density at radius 3 is 2.43 bits per heavy atom. The van der Waals surface area contributed by atoms with Crippen molar-refractivity contribution in [3.63, 3.8) is 0 Å². The van der Waals surface area contributed by atoms with Crippen LogP contribution in [0.25, 0.3) is 0 Å². The van der Waals surface area contributed by atoms with Crippen LogP contribution in [0.4, 0.5) is 17.6 Å².